The van der Waals surface area contributed by atoms with Crippen LogP contribution in [0.2, 0.25) is 0 Å². The Kier molecular flexibility index (Phi) is 4.10. The molecule has 1 atom stereocenters. The number of carbonyl (C=O) groups excluding carboxylic acids is 1. The highest BCUT2D eigenvalue weighted by Gasteiger charge is 2.35. The first-order chi connectivity index (χ1) is 13.3. The third kappa shape index (κ3) is 2.98. The van der Waals surface area contributed by atoms with Crippen LogP contribution in [0.15, 0.2) is 48.8 Å². The van der Waals surface area contributed by atoms with Gasteiger partial charge in [-0.1, -0.05) is 0 Å². The SMILES string of the molecule is C[C@H]1CN(c2ccc(C(F)(F)F)cc2)C(=O)c2c(-c3ccnc(N)c3)cnn21. The van der Waals surface area contributed by atoms with Gasteiger partial charge < -0.3 is 10.6 Å². The number of nitrogens with two attached hydrogens (primary N) is 1. The van der Waals surface area contributed by atoms with Gasteiger partial charge in [-0.2, -0.15) is 18.3 Å². The number of pyridine rings is 1. The summed E-state index contributed by atoms with van der Waals surface area (Å²) in [5, 5.41) is 4.33. The Morgan fingerprint density at radius 3 is 2.54 bits per heavy atom. The van der Waals surface area contributed by atoms with Crippen molar-refractivity contribution in [1.82, 2.24) is 14.8 Å². The second kappa shape index (κ2) is 6.36. The predicted molar refractivity (Wildman–Crippen MR) is 97.7 cm³/mol. The van der Waals surface area contributed by atoms with Crippen molar-refractivity contribution in [2.75, 3.05) is 17.2 Å². The minimum atomic E-state index is -4.43. The van der Waals surface area contributed by atoms with Gasteiger partial charge in [0.1, 0.15) is 11.5 Å². The van der Waals surface area contributed by atoms with Crippen LogP contribution in [0.5, 0.6) is 0 Å². The molecule has 2 aromatic heterocycles. The fourth-order valence-corrected chi connectivity index (χ4v) is 3.34. The minimum absolute atomic E-state index is 0.150. The van der Waals surface area contributed by atoms with Crippen molar-refractivity contribution in [2.45, 2.75) is 19.1 Å². The van der Waals surface area contributed by atoms with Crippen molar-refractivity contribution < 1.29 is 18.0 Å². The summed E-state index contributed by atoms with van der Waals surface area (Å²) in [6.07, 6.45) is -1.29. The molecule has 0 saturated carbocycles. The van der Waals surface area contributed by atoms with Gasteiger partial charge in [0.2, 0.25) is 0 Å². The van der Waals surface area contributed by atoms with Gasteiger partial charge in [-0.05, 0) is 48.9 Å². The molecule has 1 amide bonds. The first-order valence-corrected chi connectivity index (χ1v) is 8.54. The van der Waals surface area contributed by atoms with Crippen LogP contribution < -0.4 is 10.6 Å². The molecule has 3 heterocycles. The third-order valence-electron chi connectivity index (χ3n) is 4.71. The lowest BCUT2D eigenvalue weighted by Crippen LogP contribution is -2.42. The molecular formula is C19H16F3N5O. The first-order valence-electron chi connectivity index (χ1n) is 8.54. The number of nitrogen functional groups attached to an aromatic ring is 1. The molecule has 6 nitrogen and oxygen atoms in total. The van der Waals surface area contributed by atoms with Gasteiger partial charge in [0.25, 0.3) is 5.91 Å². The molecular weight excluding hydrogens is 371 g/mol. The molecule has 1 aliphatic heterocycles. The normalized spacial score (nSPS) is 16.9. The number of fused-ring (bicyclic) bond motifs is 1. The number of hydrogen-bond donors (Lipinski definition) is 1. The van der Waals surface area contributed by atoms with E-state index in [4.69, 9.17) is 5.73 Å². The Morgan fingerprint density at radius 1 is 1.18 bits per heavy atom. The van der Waals surface area contributed by atoms with Gasteiger partial charge in [-0.15, -0.1) is 0 Å². The molecule has 0 unspecified atom stereocenters. The highest BCUT2D eigenvalue weighted by molar-refractivity contribution is 6.09. The van der Waals surface area contributed by atoms with Crippen molar-refractivity contribution in [3.63, 3.8) is 0 Å². The molecule has 1 aromatic carbocycles. The number of aromatic nitrogens is 3. The van der Waals surface area contributed by atoms with Crippen LogP contribution in [0.25, 0.3) is 11.1 Å². The van der Waals surface area contributed by atoms with Crippen molar-refractivity contribution in [2.24, 2.45) is 0 Å². The van der Waals surface area contributed by atoms with Crippen LogP contribution >= 0.6 is 0 Å². The monoisotopic (exact) mass is 387 g/mol. The number of nitrogens with zero attached hydrogens (tertiary/aromatic N) is 4. The maximum Gasteiger partial charge on any atom is 0.416 e. The highest BCUT2D eigenvalue weighted by Crippen LogP contribution is 2.34. The number of alkyl halides is 3. The summed E-state index contributed by atoms with van der Waals surface area (Å²) < 4.78 is 40.1. The highest BCUT2D eigenvalue weighted by atomic mass is 19.4. The first kappa shape index (κ1) is 18.0. The molecule has 0 saturated heterocycles. The molecule has 144 valence electrons. The lowest BCUT2D eigenvalue weighted by atomic mass is 10.0. The van der Waals surface area contributed by atoms with E-state index in [0.29, 0.717) is 34.9 Å². The number of anilines is 2. The van der Waals surface area contributed by atoms with E-state index in [9.17, 15) is 18.0 Å². The number of rotatable bonds is 2. The largest absolute Gasteiger partial charge is 0.416 e. The van der Waals surface area contributed by atoms with E-state index in [0.717, 1.165) is 12.1 Å². The number of hydrogen-bond acceptors (Lipinski definition) is 4. The molecule has 4 rings (SSSR count). The molecule has 0 bridgehead atoms. The van der Waals surface area contributed by atoms with Crippen LogP contribution in [0.3, 0.4) is 0 Å². The van der Waals surface area contributed by atoms with Gasteiger partial charge in [0, 0.05) is 24.0 Å². The zero-order chi connectivity index (χ0) is 20.1. The molecule has 0 aliphatic carbocycles. The van der Waals surface area contributed by atoms with Crippen LogP contribution in [-0.2, 0) is 6.18 Å². The molecule has 2 N–H and O–H groups in total. The summed E-state index contributed by atoms with van der Waals surface area (Å²) in [5.41, 5.74) is 7.05. The molecule has 9 heteroatoms. The lowest BCUT2D eigenvalue weighted by Gasteiger charge is -2.32. The van der Waals surface area contributed by atoms with Gasteiger partial charge in [-0.3, -0.25) is 9.48 Å². The summed E-state index contributed by atoms with van der Waals surface area (Å²) in [5.74, 6) is -0.0194. The van der Waals surface area contributed by atoms with Crippen LogP contribution in [0.1, 0.15) is 29.0 Å². The lowest BCUT2D eigenvalue weighted by molar-refractivity contribution is -0.137. The van der Waals surface area contributed by atoms with Gasteiger partial charge >= 0.3 is 6.18 Å². The van der Waals surface area contributed by atoms with Crippen molar-refractivity contribution >= 4 is 17.4 Å². The van der Waals surface area contributed by atoms with E-state index >= 15 is 0 Å². The van der Waals surface area contributed by atoms with Crippen LogP contribution in [-0.4, -0.2) is 27.2 Å². The molecule has 1 aliphatic rings. The zero-order valence-electron chi connectivity index (χ0n) is 14.8. The average molecular weight is 387 g/mol. The molecule has 3 aromatic rings. The molecule has 0 fully saturated rings. The summed E-state index contributed by atoms with van der Waals surface area (Å²) >= 11 is 0. The van der Waals surface area contributed by atoms with E-state index in [-0.39, 0.29) is 11.9 Å². The van der Waals surface area contributed by atoms with E-state index in [1.54, 1.807) is 29.2 Å². The predicted octanol–water partition coefficient (Wildman–Crippen LogP) is 3.77. The van der Waals surface area contributed by atoms with Crippen molar-refractivity contribution in [1.29, 1.82) is 0 Å². The second-order valence-electron chi connectivity index (χ2n) is 6.63. The Bertz CT molecular complexity index is 1040. The minimum Gasteiger partial charge on any atom is -0.384 e. The fraction of sp³-hybridized carbons (Fsp3) is 0.211. The molecule has 0 spiro atoms. The number of amides is 1. The van der Waals surface area contributed by atoms with Crippen molar-refractivity contribution in [3.8, 4) is 11.1 Å². The number of carbonyl (C=O) groups is 1. The number of benzene rings is 1. The quantitative estimate of drug-likeness (QED) is 0.726. The number of halogens is 3. The third-order valence-corrected chi connectivity index (χ3v) is 4.71. The van der Waals surface area contributed by atoms with E-state index in [1.807, 2.05) is 6.92 Å². The summed E-state index contributed by atoms with van der Waals surface area (Å²) in [4.78, 5) is 18.6. The topological polar surface area (TPSA) is 77.0 Å². The van der Waals surface area contributed by atoms with Crippen LogP contribution in [0, 0.1) is 0 Å². The van der Waals surface area contributed by atoms with Crippen LogP contribution in [0.4, 0.5) is 24.7 Å². The maximum absolute atomic E-state index is 13.2. The Labute approximate surface area is 158 Å². The smallest absolute Gasteiger partial charge is 0.384 e. The maximum atomic E-state index is 13.2. The zero-order valence-corrected chi connectivity index (χ0v) is 14.8. The fourth-order valence-electron chi connectivity index (χ4n) is 3.34. The standard InChI is InChI=1S/C19H16F3N5O/c1-11-10-26(14-4-2-13(3-5-14)19(20,21)22)18(28)17-15(9-25-27(11)17)12-6-7-24-16(23)8-12/h2-9,11H,10H2,1H3,(H2,23,24)/t11-/m0/s1. The van der Waals surface area contributed by atoms with E-state index in [2.05, 4.69) is 10.1 Å². The van der Waals surface area contributed by atoms with E-state index in [1.165, 1.54) is 17.0 Å². The molecule has 0 radical (unpaired) electrons. The van der Waals surface area contributed by atoms with E-state index < -0.39 is 11.7 Å². The average Bonchev–Trinajstić information content (AvgIpc) is 3.10. The Hall–Kier alpha value is -3.36. The van der Waals surface area contributed by atoms with Crippen molar-refractivity contribution in [3.05, 3.63) is 60.0 Å². The van der Waals surface area contributed by atoms with Gasteiger partial charge in [-0.25, -0.2) is 4.98 Å². The second-order valence-corrected chi connectivity index (χ2v) is 6.63. The Balaban J connectivity index is 1.75. The summed E-state index contributed by atoms with van der Waals surface area (Å²) in [6, 6.07) is 7.79. The van der Waals surface area contributed by atoms with Gasteiger partial charge in [0.15, 0.2) is 0 Å². The van der Waals surface area contributed by atoms with Gasteiger partial charge in [0.05, 0.1) is 17.8 Å². The Morgan fingerprint density at radius 2 is 1.89 bits per heavy atom. The summed E-state index contributed by atoms with van der Waals surface area (Å²) in [7, 11) is 0. The molecule has 28 heavy (non-hydrogen) atoms. The summed E-state index contributed by atoms with van der Waals surface area (Å²) in [6.45, 7) is 2.20.